The average Bonchev–Trinajstić information content (AvgIpc) is 2.68. The van der Waals surface area contributed by atoms with Crippen molar-refractivity contribution in [1.82, 2.24) is 9.55 Å². The van der Waals surface area contributed by atoms with E-state index in [-0.39, 0.29) is 17.1 Å². The summed E-state index contributed by atoms with van der Waals surface area (Å²) < 4.78 is 1.79. The van der Waals surface area contributed by atoms with E-state index in [0.29, 0.717) is 5.16 Å². The zero-order chi connectivity index (χ0) is 16.4. The first-order valence-electron chi connectivity index (χ1n) is 6.77. The van der Waals surface area contributed by atoms with Crippen LogP contribution in [0.5, 0.6) is 0 Å². The number of rotatable bonds is 6. The zero-order valence-corrected chi connectivity index (χ0v) is 13.9. The maximum atomic E-state index is 11.9. The largest absolute Gasteiger partial charge is 0.481 e. The minimum absolute atomic E-state index is 0.0121. The Balaban J connectivity index is 3.37. The number of carbonyl (C=O) groups is 2. The third-order valence-corrected chi connectivity index (χ3v) is 4.01. The number of carboxylic acids is 1. The first-order chi connectivity index (χ1) is 9.55. The van der Waals surface area contributed by atoms with Crippen molar-refractivity contribution in [3.05, 3.63) is 11.9 Å². The summed E-state index contributed by atoms with van der Waals surface area (Å²) in [6.45, 7) is 9.88. The number of amides is 1. The van der Waals surface area contributed by atoms with Crippen LogP contribution in [0.3, 0.4) is 0 Å². The van der Waals surface area contributed by atoms with Crippen molar-refractivity contribution in [2.45, 2.75) is 51.2 Å². The molecule has 1 aromatic rings. The Bertz CT molecular complexity index is 532. The monoisotopic (exact) mass is 313 g/mol. The lowest BCUT2D eigenvalue weighted by Crippen LogP contribution is -2.34. The summed E-state index contributed by atoms with van der Waals surface area (Å²) in [7, 11) is 0. The molecule has 0 aliphatic heterocycles. The summed E-state index contributed by atoms with van der Waals surface area (Å²) in [5.41, 5.74) is 6.20. The molecule has 0 aliphatic rings. The molecule has 1 atom stereocenters. The highest BCUT2D eigenvalue weighted by molar-refractivity contribution is 7.99. The Labute approximate surface area is 129 Å². The number of hydrogen-bond acceptors (Lipinski definition) is 4. The van der Waals surface area contributed by atoms with E-state index >= 15 is 0 Å². The van der Waals surface area contributed by atoms with Crippen LogP contribution in [-0.4, -0.2) is 32.3 Å². The molecule has 6 nitrogen and oxygen atoms in total. The molecule has 7 heteroatoms. The minimum atomic E-state index is -0.924. The number of aliphatic carboxylic acids is 1. The molecule has 21 heavy (non-hydrogen) atoms. The molecule has 1 unspecified atom stereocenters. The van der Waals surface area contributed by atoms with E-state index in [2.05, 4.69) is 4.98 Å². The van der Waals surface area contributed by atoms with Crippen LogP contribution in [0.15, 0.2) is 11.4 Å². The van der Waals surface area contributed by atoms with Gasteiger partial charge in [0.15, 0.2) is 5.16 Å². The summed E-state index contributed by atoms with van der Waals surface area (Å²) in [4.78, 5) is 26.9. The Morgan fingerprint density at radius 2 is 2.00 bits per heavy atom. The summed E-state index contributed by atoms with van der Waals surface area (Å²) >= 11 is 1.10. The number of primary amides is 1. The second-order valence-electron chi connectivity index (χ2n) is 6.32. The highest BCUT2D eigenvalue weighted by atomic mass is 32.2. The second kappa shape index (κ2) is 6.51. The normalized spacial score (nSPS) is 13.4. The maximum absolute atomic E-state index is 11.9. The fourth-order valence-corrected chi connectivity index (χ4v) is 2.89. The molecule has 0 bridgehead atoms. The Morgan fingerprint density at radius 3 is 2.38 bits per heavy atom. The topological polar surface area (TPSA) is 98.2 Å². The summed E-state index contributed by atoms with van der Waals surface area (Å²) in [6, 6.07) is -0.544. The molecule has 1 aromatic heterocycles. The smallest absolute Gasteiger partial charge is 0.313 e. The van der Waals surface area contributed by atoms with Crippen molar-refractivity contribution in [1.29, 1.82) is 0 Å². The predicted octanol–water partition coefficient (Wildman–Crippen LogP) is 2.04. The van der Waals surface area contributed by atoms with Gasteiger partial charge in [0, 0.05) is 17.3 Å². The molecule has 3 N–H and O–H groups in total. The lowest BCUT2D eigenvalue weighted by Gasteiger charge is -2.28. The van der Waals surface area contributed by atoms with Crippen LogP contribution in [0.2, 0.25) is 0 Å². The van der Waals surface area contributed by atoms with Gasteiger partial charge < -0.3 is 15.4 Å². The van der Waals surface area contributed by atoms with Crippen molar-refractivity contribution >= 4 is 23.6 Å². The van der Waals surface area contributed by atoms with Crippen LogP contribution < -0.4 is 5.73 Å². The summed E-state index contributed by atoms with van der Waals surface area (Å²) in [5, 5.41) is 9.35. The van der Waals surface area contributed by atoms with Gasteiger partial charge in [0.2, 0.25) is 5.91 Å². The van der Waals surface area contributed by atoms with Gasteiger partial charge in [-0.2, -0.15) is 0 Å². The Hall–Kier alpha value is -1.50. The van der Waals surface area contributed by atoms with E-state index in [1.54, 1.807) is 10.8 Å². The molecule has 0 saturated heterocycles. The Kier molecular flexibility index (Phi) is 5.44. The predicted molar refractivity (Wildman–Crippen MR) is 82.4 cm³/mol. The Morgan fingerprint density at radius 1 is 1.43 bits per heavy atom. The average molecular weight is 313 g/mol. The highest BCUT2D eigenvalue weighted by Gasteiger charge is 2.31. The van der Waals surface area contributed by atoms with Gasteiger partial charge in [-0.3, -0.25) is 9.59 Å². The van der Waals surface area contributed by atoms with Gasteiger partial charge in [-0.1, -0.05) is 46.4 Å². The van der Waals surface area contributed by atoms with E-state index in [1.807, 2.05) is 34.6 Å². The number of carboxylic acid groups (broad SMARTS) is 1. The van der Waals surface area contributed by atoms with E-state index < -0.39 is 17.9 Å². The first kappa shape index (κ1) is 17.6. The minimum Gasteiger partial charge on any atom is -0.481 e. The van der Waals surface area contributed by atoms with Crippen LogP contribution in [0.1, 0.15) is 46.4 Å². The van der Waals surface area contributed by atoms with Crippen LogP contribution in [0.25, 0.3) is 0 Å². The van der Waals surface area contributed by atoms with Crippen LogP contribution in [0.4, 0.5) is 0 Å². The molecule has 0 saturated carbocycles. The van der Waals surface area contributed by atoms with Crippen molar-refractivity contribution in [3.63, 3.8) is 0 Å². The molecular weight excluding hydrogens is 290 g/mol. The van der Waals surface area contributed by atoms with Gasteiger partial charge in [0.05, 0.1) is 5.75 Å². The van der Waals surface area contributed by atoms with Crippen LogP contribution >= 0.6 is 11.8 Å². The SMILES string of the molecule is CC(C)C(C(N)=O)n1c(C(C)(C)C)cnc1SCC(=O)O. The maximum Gasteiger partial charge on any atom is 0.313 e. The quantitative estimate of drug-likeness (QED) is 0.783. The molecular formula is C14H23N3O3S. The molecule has 118 valence electrons. The van der Waals surface area contributed by atoms with Gasteiger partial charge >= 0.3 is 5.97 Å². The lowest BCUT2D eigenvalue weighted by atomic mass is 9.91. The number of thioether (sulfide) groups is 1. The fourth-order valence-electron chi connectivity index (χ4n) is 2.15. The van der Waals surface area contributed by atoms with Crippen LogP contribution in [-0.2, 0) is 15.0 Å². The van der Waals surface area contributed by atoms with Gasteiger partial charge in [-0.05, 0) is 5.92 Å². The number of hydrogen-bond donors (Lipinski definition) is 2. The zero-order valence-electron chi connectivity index (χ0n) is 13.1. The lowest BCUT2D eigenvalue weighted by molar-refractivity contribution is -0.133. The van der Waals surface area contributed by atoms with Gasteiger partial charge in [0.1, 0.15) is 6.04 Å². The van der Waals surface area contributed by atoms with E-state index in [4.69, 9.17) is 10.8 Å². The van der Waals surface area contributed by atoms with E-state index in [9.17, 15) is 9.59 Å². The van der Waals surface area contributed by atoms with E-state index in [0.717, 1.165) is 17.5 Å². The van der Waals surface area contributed by atoms with Crippen molar-refractivity contribution in [2.75, 3.05) is 5.75 Å². The molecule has 0 aromatic carbocycles. The standard InChI is InChI=1S/C14H23N3O3S/c1-8(2)11(12(15)20)17-9(14(3,4)5)6-16-13(17)21-7-10(18)19/h6,8,11H,7H2,1-5H3,(H2,15,20)(H,18,19). The summed E-state index contributed by atoms with van der Waals surface area (Å²) in [6.07, 6.45) is 1.70. The number of aromatic nitrogens is 2. The first-order valence-corrected chi connectivity index (χ1v) is 7.76. The van der Waals surface area contributed by atoms with Crippen LogP contribution in [0, 0.1) is 5.92 Å². The molecule has 0 aliphatic carbocycles. The molecule has 1 amide bonds. The van der Waals surface area contributed by atoms with Gasteiger partial charge in [-0.15, -0.1) is 0 Å². The molecule has 1 heterocycles. The highest BCUT2D eigenvalue weighted by Crippen LogP contribution is 2.33. The molecule has 0 fully saturated rings. The van der Waals surface area contributed by atoms with E-state index in [1.165, 1.54) is 0 Å². The van der Waals surface area contributed by atoms with Gasteiger partial charge in [0.25, 0.3) is 0 Å². The number of nitrogens with zero attached hydrogens (tertiary/aromatic N) is 2. The number of carbonyl (C=O) groups excluding carboxylic acids is 1. The second-order valence-corrected chi connectivity index (χ2v) is 7.26. The molecule has 1 rings (SSSR count). The van der Waals surface area contributed by atoms with Crippen molar-refractivity contribution < 1.29 is 14.7 Å². The van der Waals surface area contributed by atoms with Crippen molar-refractivity contribution in [2.24, 2.45) is 11.7 Å². The third kappa shape index (κ3) is 4.23. The molecule has 0 radical (unpaired) electrons. The molecule has 0 spiro atoms. The van der Waals surface area contributed by atoms with Gasteiger partial charge in [-0.25, -0.2) is 4.98 Å². The number of nitrogens with two attached hydrogens (primary N) is 1. The summed E-state index contributed by atoms with van der Waals surface area (Å²) in [5.74, 6) is -1.48. The fraction of sp³-hybridized carbons (Fsp3) is 0.643. The number of imidazole rings is 1. The third-order valence-electron chi connectivity index (χ3n) is 3.06. The van der Waals surface area contributed by atoms with Crippen molar-refractivity contribution in [3.8, 4) is 0 Å².